The van der Waals surface area contributed by atoms with E-state index in [1.165, 1.54) is 6.07 Å². The molecule has 0 radical (unpaired) electrons. The van der Waals surface area contributed by atoms with Crippen molar-refractivity contribution in [2.45, 2.75) is 63.1 Å². The van der Waals surface area contributed by atoms with E-state index in [1.807, 2.05) is 12.1 Å². The first-order valence-electron chi connectivity index (χ1n) is 11.0. The molecule has 0 aliphatic heterocycles. The minimum absolute atomic E-state index is 0.00145. The number of aryl methyl sites for hydroxylation is 1. The summed E-state index contributed by atoms with van der Waals surface area (Å²) in [5, 5.41) is 10.1. The van der Waals surface area contributed by atoms with Crippen LogP contribution in [0.2, 0.25) is 0 Å². The molecule has 0 bridgehead atoms. The second-order valence-corrected chi connectivity index (χ2v) is 8.89. The summed E-state index contributed by atoms with van der Waals surface area (Å²) in [6.45, 7) is 0.0324. The maximum Gasteiger partial charge on any atom is 0.416 e. The number of H-pyrrole nitrogens is 1. The van der Waals surface area contributed by atoms with Crippen molar-refractivity contribution >= 4 is 16.9 Å². The van der Waals surface area contributed by atoms with Gasteiger partial charge in [-0.3, -0.25) is 4.79 Å². The van der Waals surface area contributed by atoms with E-state index < -0.39 is 17.7 Å². The van der Waals surface area contributed by atoms with Gasteiger partial charge >= 0.3 is 12.1 Å². The van der Waals surface area contributed by atoms with Gasteiger partial charge in [0.05, 0.1) is 12.0 Å². The summed E-state index contributed by atoms with van der Waals surface area (Å²) in [5.74, 6) is -0.314. The topological polar surface area (TPSA) is 62.3 Å². The minimum Gasteiger partial charge on any atom is -0.489 e. The Morgan fingerprint density at radius 1 is 1.12 bits per heavy atom. The molecule has 0 spiro atoms. The smallest absolute Gasteiger partial charge is 0.416 e. The Balaban J connectivity index is 1.38. The van der Waals surface area contributed by atoms with Gasteiger partial charge in [-0.2, -0.15) is 13.2 Å². The predicted octanol–water partition coefficient (Wildman–Crippen LogP) is 6.54. The molecule has 2 N–H and O–H groups in total. The average molecular weight is 443 g/mol. The first-order chi connectivity index (χ1) is 15.3. The molecular weight excluding hydrogens is 419 g/mol. The molecule has 5 rings (SSSR count). The van der Waals surface area contributed by atoms with E-state index in [9.17, 15) is 23.1 Å². The lowest BCUT2D eigenvalue weighted by molar-refractivity contribution is -0.139. The zero-order valence-corrected chi connectivity index (χ0v) is 17.5. The number of aromatic amines is 1. The third kappa shape index (κ3) is 3.85. The number of nitrogens with one attached hydrogen (secondary N) is 1. The van der Waals surface area contributed by atoms with Crippen LogP contribution in [0.15, 0.2) is 36.4 Å². The Bertz CT molecular complexity index is 1180. The summed E-state index contributed by atoms with van der Waals surface area (Å²) in [6.07, 6.45) is -0.103. The largest absolute Gasteiger partial charge is 0.489 e. The fourth-order valence-electron chi connectivity index (χ4n) is 5.06. The molecule has 2 aliphatic rings. The van der Waals surface area contributed by atoms with Crippen molar-refractivity contribution in [2.24, 2.45) is 0 Å². The lowest BCUT2D eigenvalue weighted by Crippen LogP contribution is -2.17. The molecule has 1 heterocycles. The Morgan fingerprint density at radius 3 is 2.62 bits per heavy atom. The van der Waals surface area contributed by atoms with Gasteiger partial charge in [-0.1, -0.05) is 18.6 Å². The molecule has 7 heteroatoms. The van der Waals surface area contributed by atoms with Crippen LogP contribution in [-0.2, 0) is 24.0 Å². The van der Waals surface area contributed by atoms with E-state index in [4.69, 9.17) is 4.74 Å². The number of carbonyl (C=O) groups is 1. The van der Waals surface area contributed by atoms with E-state index in [0.717, 1.165) is 54.3 Å². The van der Waals surface area contributed by atoms with Crippen LogP contribution in [0.25, 0.3) is 10.9 Å². The molecule has 1 saturated carbocycles. The molecule has 1 unspecified atom stereocenters. The first-order valence-corrected chi connectivity index (χ1v) is 11.0. The molecule has 1 aromatic heterocycles. The number of benzene rings is 2. The van der Waals surface area contributed by atoms with Gasteiger partial charge in [0.15, 0.2) is 0 Å². The second-order valence-electron chi connectivity index (χ2n) is 8.89. The van der Waals surface area contributed by atoms with Crippen LogP contribution >= 0.6 is 0 Å². The van der Waals surface area contributed by atoms with Crippen LogP contribution < -0.4 is 4.74 Å². The fraction of sp³-hybridized carbons (Fsp3) is 0.400. The van der Waals surface area contributed by atoms with E-state index in [2.05, 4.69) is 4.98 Å². The van der Waals surface area contributed by atoms with Crippen LogP contribution in [0.5, 0.6) is 5.75 Å². The predicted molar refractivity (Wildman–Crippen MR) is 114 cm³/mol. The number of hydrogen-bond acceptors (Lipinski definition) is 2. The van der Waals surface area contributed by atoms with Gasteiger partial charge < -0.3 is 14.8 Å². The van der Waals surface area contributed by atoms with E-state index in [0.29, 0.717) is 16.9 Å². The molecule has 1 atom stereocenters. The number of aliphatic carboxylic acids is 1. The molecule has 168 valence electrons. The molecule has 3 aromatic rings. The molecule has 1 fully saturated rings. The van der Waals surface area contributed by atoms with Gasteiger partial charge in [0, 0.05) is 16.6 Å². The highest BCUT2D eigenvalue weighted by molar-refractivity contribution is 5.88. The van der Waals surface area contributed by atoms with Crippen molar-refractivity contribution in [1.82, 2.24) is 4.98 Å². The van der Waals surface area contributed by atoms with Gasteiger partial charge in [-0.05, 0) is 78.5 Å². The molecule has 32 heavy (non-hydrogen) atoms. The van der Waals surface area contributed by atoms with E-state index in [1.54, 1.807) is 18.2 Å². The maximum absolute atomic E-state index is 13.6. The Morgan fingerprint density at radius 2 is 1.94 bits per heavy atom. The zero-order valence-electron chi connectivity index (χ0n) is 17.5. The third-order valence-electron chi connectivity index (χ3n) is 6.84. The second kappa shape index (κ2) is 7.87. The van der Waals surface area contributed by atoms with Crippen LogP contribution in [0.1, 0.15) is 71.9 Å². The van der Waals surface area contributed by atoms with Crippen LogP contribution in [0.3, 0.4) is 0 Å². The zero-order chi connectivity index (χ0) is 22.5. The summed E-state index contributed by atoms with van der Waals surface area (Å²) in [4.78, 5) is 14.6. The number of rotatable bonds is 6. The van der Waals surface area contributed by atoms with Crippen molar-refractivity contribution in [3.8, 4) is 5.75 Å². The fourth-order valence-corrected chi connectivity index (χ4v) is 5.06. The quantitative estimate of drug-likeness (QED) is 0.455. The van der Waals surface area contributed by atoms with Crippen LogP contribution in [0.4, 0.5) is 13.2 Å². The average Bonchev–Trinajstić information content (AvgIpc) is 3.24. The lowest BCUT2D eigenvalue weighted by Gasteiger charge is -2.29. The SMILES string of the molecule is O=C(O)CC1CCc2[nH]c3ccc(OCc4ccc(C5CCC5)c(C(F)(F)F)c4)cc3c21. The lowest BCUT2D eigenvalue weighted by atomic mass is 9.78. The van der Waals surface area contributed by atoms with Crippen LogP contribution in [-0.4, -0.2) is 16.1 Å². The Hall–Kier alpha value is -2.96. The monoisotopic (exact) mass is 443 g/mol. The number of aromatic nitrogens is 1. The molecular formula is C25H24F3NO3. The van der Waals surface area contributed by atoms with E-state index >= 15 is 0 Å². The summed E-state index contributed by atoms with van der Waals surface area (Å²) in [5.41, 5.74) is 3.31. The third-order valence-corrected chi connectivity index (χ3v) is 6.84. The molecule has 4 nitrogen and oxygen atoms in total. The standard InChI is InChI=1S/C25H24F3NO3/c26-25(27,28)20-10-14(4-7-18(20)15-2-1-3-15)13-32-17-6-9-21-19(12-17)24-16(11-23(30)31)5-8-22(24)29-21/h4,6-7,9-10,12,15-16,29H,1-3,5,8,11,13H2,(H,30,31). The highest BCUT2D eigenvalue weighted by Gasteiger charge is 2.36. The number of ether oxygens (including phenoxy) is 1. The number of carboxylic acid groups (broad SMARTS) is 1. The number of hydrogen-bond donors (Lipinski definition) is 2. The number of halogens is 3. The molecule has 2 aliphatic carbocycles. The minimum atomic E-state index is -4.38. The van der Waals surface area contributed by atoms with Gasteiger partial charge in [-0.25, -0.2) is 0 Å². The Labute approximate surface area is 183 Å². The van der Waals surface area contributed by atoms with Crippen molar-refractivity contribution in [2.75, 3.05) is 0 Å². The van der Waals surface area contributed by atoms with Crippen molar-refractivity contribution in [3.63, 3.8) is 0 Å². The summed E-state index contributed by atoms with van der Waals surface area (Å²) in [7, 11) is 0. The first kappa shape index (κ1) is 20.9. The summed E-state index contributed by atoms with van der Waals surface area (Å²) >= 11 is 0. The molecule has 0 saturated heterocycles. The van der Waals surface area contributed by atoms with Crippen molar-refractivity contribution in [1.29, 1.82) is 0 Å². The number of alkyl halides is 3. The normalized spacial score (nSPS) is 18.5. The summed E-state index contributed by atoms with van der Waals surface area (Å²) < 4.78 is 46.7. The van der Waals surface area contributed by atoms with Gasteiger partial charge in [0.25, 0.3) is 0 Å². The molecule has 2 aromatic carbocycles. The van der Waals surface area contributed by atoms with E-state index in [-0.39, 0.29) is 24.9 Å². The summed E-state index contributed by atoms with van der Waals surface area (Å²) in [6, 6.07) is 10.1. The maximum atomic E-state index is 13.6. The Kier molecular flexibility index (Phi) is 5.14. The van der Waals surface area contributed by atoms with Gasteiger partial charge in [-0.15, -0.1) is 0 Å². The number of fused-ring (bicyclic) bond motifs is 3. The van der Waals surface area contributed by atoms with Gasteiger partial charge in [0.2, 0.25) is 0 Å². The van der Waals surface area contributed by atoms with Gasteiger partial charge in [0.1, 0.15) is 12.4 Å². The van der Waals surface area contributed by atoms with Crippen molar-refractivity contribution in [3.05, 3.63) is 64.3 Å². The van der Waals surface area contributed by atoms with Crippen LogP contribution in [0, 0.1) is 0 Å². The highest BCUT2D eigenvalue weighted by Crippen LogP contribution is 2.44. The highest BCUT2D eigenvalue weighted by atomic mass is 19.4. The number of carboxylic acids is 1. The van der Waals surface area contributed by atoms with Crippen molar-refractivity contribution < 1.29 is 27.8 Å². The molecule has 0 amide bonds.